The quantitative estimate of drug-likeness (QED) is 0.345. The molecule has 0 bridgehead atoms. The van der Waals surface area contributed by atoms with Crippen molar-refractivity contribution in [3.8, 4) is 0 Å². The van der Waals surface area contributed by atoms with Gasteiger partial charge in [-0.3, -0.25) is 15.0 Å². The molecule has 0 radical (unpaired) electrons. The van der Waals surface area contributed by atoms with E-state index < -0.39 is 0 Å². The van der Waals surface area contributed by atoms with E-state index in [-0.39, 0.29) is 5.54 Å². The second-order valence-corrected chi connectivity index (χ2v) is 5.01. The van der Waals surface area contributed by atoms with Crippen molar-refractivity contribution >= 4 is 16.9 Å². The van der Waals surface area contributed by atoms with Gasteiger partial charge in [-0.15, -0.1) is 0 Å². The zero-order valence-corrected chi connectivity index (χ0v) is 10.8. The summed E-state index contributed by atoms with van der Waals surface area (Å²) in [7, 11) is 0. The number of aliphatic imine (C=N–C) groups is 1. The van der Waals surface area contributed by atoms with Crippen LogP contribution in [0.25, 0.3) is 11.0 Å². The molecular weight excluding hydrogens is 226 g/mol. The van der Waals surface area contributed by atoms with Crippen LogP contribution in [0.1, 0.15) is 26.3 Å². The van der Waals surface area contributed by atoms with Gasteiger partial charge in [0, 0.05) is 18.0 Å². The molecule has 2 aromatic rings. The minimum Gasteiger partial charge on any atom is -0.308 e. The monoisotopic (exact) mass is 243 g/mol. The summed E-state index contributed by atoms with van der Waals surface area (Å²) >= 11 is 0. The van der Waals surface area contributed by atoms with Gasteiger partial charge in [0.05, 0.1) is 16.6 Å². The Kier molecular flexibility index (Phi) is 3.25. The van der Waals surface area contributed by atoms with Crippen LogP contribution >= 0.6 is 0 Å². The molecular formula is C13H17N5. The smallest absolute Gasteiger partial charge is 0.145 e. The lowest BCUT2D eigenvalue weighted by atomic mass is 10.1. The van der Waals surface area contributed by atoms with Crippen LogP contribution in [0.15, 0.2) is 35.6 Å². The Bertz CT molecular complexity index is 578. The SMILES string of the molecule is CC(C)(C)N=C(NN)c1cccc2nccnc12. The summed E-state index contributed by atoms with van der Waals surface area (Å²) in [6, 6.07) is 5.76. The number of benzene rings is 1. The lowest BCUT2D eigenvalue weighted by molar-refractivity contribution is 0.580. The lowest BCUT2D eigenvalue weighted by Crippen LogP contribution is -2.34. The average molecular weight is 243 g/mol. The van der Waals surface area contributed by atoms with Gasteiger partial charge in [0.2, 0.25) is 0 Å². The van der Waals surface area contributed by atoms with Crippen molar-refractivity contribution in [2.45, 2.75) is 26.3 Å². The number of nitrogens with two attached hydrogens (primary N) is 1. The summed E-state index contributed by atoms with van der Waals surface area (Å²) in [5.41, 5.74) is 4.91. The first-order valence-electron chi connectivity index (χ1n) is 5.78. The topological polar surface area (TPSA) is 76.2 Å². The molecule has 0 atom stereocenters. The highest BCUT2D eigenvalue weighted by atomic mass is 15.3. The van der Waals surface area contributed by atoms with Crippen LogP contribution in [0.5, 0.6) is 0 Å². The number of nitrogens with one attached hydrogen (secondary N) is 1. The Morgan fingerprint density at radius 2 is 1.94 bits per heavy atom. The molecule has 0 saturated heterocycles. The Morgan fingerprint density at radius 1 is 1.22 bits per heavy atom. The van der Waals surface area contributed by atoms with Crippen LogP contribution in [0.4, 0.5) is 0 Å². The molecule has 0 aliphatic rings. The highest BCUT2D eigenvalue weighted by molar-refractivity contribution is 6.07. The first-order chi connectivity index (χ1) is 8.51. The average Bonchev–Trinajstić information content (AvgIpc) is 2.34. The van der Waals surface area contributed by atoms with Gasteiger partial charge < -0.3 is 5.43 Å². The minimum absolute atomic E-state index is 0.216. The largest absolute Gasteiger partial charge is 0.308 e. The second kappa shape index (κ2) is 4.70. The molecule has 0 aliphatic heterocycles. The van der Waals surface area contributed by atoms with E-state index in [1.807, 2.05) is 39.0 Å². The summed E-state index contributed by atoms with van der Waals surface area (Å²) in [4.78, 5) is 13.2. The van der Waals surface area contributed by atoms with E-state index in [0.717, 1.165) is 16.6 Å². The van der Waals surface area contributed by atoms with Gasteiger partial charge in [-0.05, 0) is 32.9 Å². The second-order valence-electron chi connectivity index (χ2n) is 5.01. The third-order valence-electron chi connectivity index (χ3n) is 2.34. The van der Waals surface area contributed by atoms with E-state index in [0.29, 0.717) is 5.84 Å². The molecule has 0 unspecified atom stereocenters. The summed E-state index contributed by atoms with van der Waals surface area (Å²) in [5, 5.41) is 0. The molecule has 3 N–H and O–H groups in total. The maximum Gasteiger partial charge on any atom is 0.145 e. The van der Waals surface area contributed by atoms with E-state index in [4.69, 9.17) is 5.84 Å². The van der Waals surface area contributed by atoms with Crippen LogP contribution in [-0.4, -0.2) is 21.3 Å². The zero-order valence-electron chi connectivity index (χ0n) is 10.8. The fourth-order valence-corrected chi connectivity index (χ4v) is 1.69. The number of para-hydroxylation sites is 1. The number of hydrogen-bond donors (Lipinski definition) is 2. The summed E-state index contributed by atoms with van der Waals surface area (Å²) in [6.45, 7) is 6.05. The zero-order chi connectivity index (χ0) is 13.2. The predicted molar refractivity (Wildman–Crippen MR) is 73.2 cm³/mol. The van der Waals surface area contributed by atoms with Crippen molar-refractivity contribution in [2.75, 3.05) is 0 Å². The Balaban J connectivity index is 2.63. The molecule has 18 heavy (non-hydrogen) atoms. The molecule has 0 fully saturated rings. The van der Waals surface area contributed by atoms with Crippen molar-refractivity contribution in [1.82, 2.24) is 15.4 Å². The normalized spacial score (nSPS) is 12.8. The Morgan fingerprint density at radius 3 is 2.61 bits per heavy atom. The van der Waals surface area contributed by atoms with Gasteiger partial charge in [0.25, 0.3) is 0 Å². The molecule has 2 rings (SSSR count). The Labute approximate surface area is 106 Å². The minimum atomic E-state index is -0.216. The van der Waals surface area contributed by atoms with E-state index in [9.17, 15) is 0 Å². The lowest BCUT2D eigenvalue weighted by Gasteiger charge is -2.16. The summed E-state index contributed by atoms with van der Waals surface area (Å²) < 4.78 is 0. The van der Waals surface area contributed by atoms with Crippen molar-refractivity contribution in [2.24, 2.45) is 10.8 Å². The summed E-state index contributed by atoms with van der Waals surface area (Å²) in [5.74, 6) is 6.19. The fourth-order valence-electron chi connectivity index (χ4n) is 1.69. The van der Waals surface area contributed by atoms with Crippen LogP contribution in [0.2, 0.25) is 0 Å². The number of hydrazine groups is 1. The molecule has 1 aromatic heterocycles. The highest BCUT2D eigenvalue weighted by Crippen LogP contribution is 2.16. The van der Waals surface area contributed by atoms with Gasteiger partial charge in [-0.2, -0.15) is 0 Å². The van der Waals surface area contributed by atoms with Gasteiger partial charge in [-0.25, -0.2) is 5.84 Å². The molecule has 0 amide bonds. The number of aromatic nitrogens is 2. The maximum atomic E-state index is 5.57. The highest BCUT2D eigenvalue weighted by Gasteiger charge is 2.13. The van der Waals surface area contributed by atoms with Gasteiger partial charge in [-0.1, -0.05) is 6.07 Å². The first kappa shape index (κ1) is 12.4. The molecule has 1 aromatic carbocycles. The van der Waals surface area contributed by atoms with Crippen molar-refractivity contribution in [3.63, 3.8) is 0 Å². The van der Waals surface area contributed by atoms with Crippen LogP contribution in [0, 0.1) is 0 Å². The number of amidine groups is 1. The number of nitrogens with zero attached hydrogens (tertiary/aromatic N) is 3. The number of rotatable bonds is 1. The van der Waals surface area contributed by atoms with E-state index in [1.165, 1.54) is 0 Å². The first-order valence-corrected chi connectivity index (χ1v) is 5.78. The standard InChI is InChI=1S/C13H17N5/c1-13(2,3)17-12(18-14)9-5-4-6-10-11(9)16-8-7-15-10/h4-8H,14H2,1-3H3,(H,17,18). The third-order valence-corrected chi connectivity index (χ3v) is 2.34. The number of hydrogen-bond acceptors (Lipinski definition) is 4. The van der Waals surface area contributed by atoms with Crippen molar-refractivity contribution < 1.29 is 0 Å². The van der Waals surface area contributed by atoms with Crippen molar-refractivity contribution in [1.29, 1.82) is 0 Å². The van der Waals surface area contributed by atoms with Crippen LogP contribution in [-0.2, 0) is 0 Å². The van der Waals surface area contributed by atoms with Crippen molar-refractivity contribution in [3.05, 3.63) is 36.2 Å². The molecule has 94 valence electrons. The molecule has 0 spiro atoms. The third kappa shape index (κ3) is 2.62. The molecule has 0 saturated carbocycles. The van der Waals surface area contributed by atoms with Gasteiger partial charge in [0.15, 0.2) is 0 Å². The molecule has 5 heteroatoms. The van der Waals surface area contributed by atoms with Crippen LogP contribution < -0.4 is 11.3 Å². The molecule has 5 nitrogen and oxygen atoms in total. The van der Waals surface area contributed by atoms with E-state index in [2.05, 4.69) is 20.4 Å². The van der Waals surface area contributed by atoms with Gasteiger partial charge >= 0.3 is 0 Å². The maximum absolute atomic E-state index is 5.57. The summed E-state index contributed by atoms with van der Waals surface area (Å²) in [6.07, 6.45) is 3.33. The van der Waals surface area contributed by atoms with E-state index in [1.54, 1.807) is 12.4 Å². The Hall–Kier alpha value is -2.01. The van der Waals surface area contributed by atoms with Crippen LogP contribution in [0.3, 0.4) is 0 Å². The van der Waals surface area contributed by atoms with Gasteiger partial charge in [0.1, 0.15) is 5.84 Å². The number of fused-ring (bicyclic) bond motifs is 1. The molecule has 0 aliphatic carbocycles. The molecule has 1 heterocycles. The van der Waals surface area contributed by atoms with E-state index >= 15 is 0 Å². The fraction of sp³-hybridized carbons (Fsp3) is 0.308. The predicted octanol–water partition coefficient (Wildman–Crippen LogP) is 1.64.